The number of nitrogens with one attached hydrogen (secondary N) is 2. The van der Waals surface area contributed by atoms with E-state index in [1.54, 1.807) is 0 Å². The predicted octanol–water partition coefficient (Wildman–Crippen LogP) is 5.59. The van der Waals surface area contributed by atoms with Gasteiger partial charge in [0.1, 0.15) is 11.8 Å². The Labute approximate surface area is 291 Å². The van der Waals surface area contributed by atoms with Crippen LogP contribution in [0.1, 0.15) is 123 Å². The topological polar surface area (TPSA) is 174 Å². The summed E-state index contributed by atoms with van der Waals surface area (Å²) in [5.41, 5.74) is 13.4. The van der Waals surface area contributed by atoms with E-state index in [0.29, 0.717) is 57.4 Å². The van der Waals surface area contributed by atoms with E-state index in [4.69, 9.17) is 16.5 Å². The van der Waals surface area contributed by atoms with Gasteiger partial charge in [0.2, 0.25) is 17.7 Å². The van der Waals surface area contributed by atoms with Crippen molar-refractivity contribution in [3.63, 3.8) is 0 Å². The maximum Gasteiger partial charge on any atom is 0.240 e. The summed E-state index contributed by atoms with van der Waals surface area (Å²) in [4.78, 5) is 71.1. The molecule has 1 aromatic heterocycles. The van der Waals surface area contributed by atoms with Crippen LogP contribution in [0.2, 0.25) is 0 Å². The van der Waals surface area contributed by atoms with Gasteiger partial charge in [-0.3, -0.25) is 24.0 Å². The zero-order valence-electron chi connectivity index (χ0n) is 30.1. The molecule has 48 heavy (non-hydrogen) atoms. The minimum atomic E-state index is -0.845. The molecule has 6 N–H and O–H groups in total. The van der Waals surface area contributed by atoms with Gasteiger partial charge in [-0.2, -0.15) is 0 Å². The second-order valence-electron chi connectivity index (χ2n) is 14.0. The summed E-state index contributed by atoms with van der Waals surface area (Å²) in [6.45, 7) is 14.4. The average molecular weight is 686 g/mol. The summed E-state index contributed by atoms with van der Waals surface area (Å²) in [6.07, 6.45) is 4.04. The first kappa shape index (κ1) is 41.0. The molecule has 1 heterocycles. The lowest BCUT2D eigenvalue weighted by atomic mass is 9.86. The number of benzene rings is 1. The number of ketones is 2. The number of hydrogen-bond donors (Lipinski definition) is 4. The Kier molecular flexibility index (Phi) is 17.4. The number of nitrogens with two attached hydrogens (primary N) is 2. The number of carbonyl (C=O) groups is 5. The molecular formula is C37H59N5O5S. The number of hydrogen-bond acceptors (Lipinski definition) is 8. The molecule has 0 aliphatic rings. The molecule has 0 saturated carbocycles. The van der Waals surface area contributed by atoms with Gasteiger partial charge in [-0.15, -0.1) is 11.3 Å². The Morgan fingerprint density at radius 2 is 1.60 bits per heavy atom. The third-order valence-electron chi connectivity index (χ3n) is 8.97. The summed E-state index contributed by atoms with van der Waals surface area (Å²) < 4.78 is 1.04. The maximum atomic E-state index is 14.0. The van der Waals surface area contributed by atoms with Crippen LogP contribution in [0, 0.1) is 23.7 Å². The van der Waals surface area contributed by atoms with Crippen LogP contribution in [0.5, 0.6) is 0 Å². The lowest BCUT2D eigenvalue weighted by Crippen LogP contribution is -2.50. The monoisotopic (exact) mass is 685 g/mol. The molecule has 1 aromatic carbocycles. The minimum absolute atomic E-state index is 0.00527. The fraction of sp³-hybridized carbons (Fsp3) is 0.676. The van der Waals surface area contributed by atoms with Crippen LogP contribution in [-0.4, -0.2) is 52.9 Å². The maximum absolute atomic E-state index is 14.0. The van der Waals surface area contributed by atoms with E-state index < -0.39 is 35.7 Å². The largest absolute Gasteiger partial charge is 0.368 e. The number of Topliss-reactive ketones (excluding diaryl/α,β-unsaturated/α-hetero) is 2. The Bertz CT molecular complexity index is 1370. The number of unbranched alkanes of at least 4 members (excludes halogenated alkanes) is 1. The Hall–Kier alpha value is -3.18. The first-order valence-corrected chi connectivity index (χ1v) is 18.6. The lowest BCUT2D eigenvalue weighted by molar-refractivity contribution is -0.135. The molecule has 2 aromatic rings. The van der Waals surface area contributed by atoms with Crippen molar-refractivity contribution in [2.45, 2.75) is 131 Å². The number of primary amides is 1. The molecule has 0 spiro atoms. The highest BCUT2D eigenvalue weighted by atomic mass is 32.1. The number of rotatable bonds is 23. The summed E-state index contributed by atoms with van der Waals surface area (Å²) in [7, 11) is 0. The smallest absolute Gasteiger partial charge is 0.240 e. The second kappa shape index (κ2) is 20.4. The molecule has 0 aliphatic heterocycles. The summed E-state index contributed by atoms with van der Waals surface area (Å²) in [5, 5.41) is 6.54. The first-order chi connectivity index (χ1) is 22.7. The normalized spacial score (nSPS) is 14.8. The SMILES string of the molecule is CCCC(=O)C[C@@H](Cc1nc2ccc(C(C)C)cc2s1)C(=O)N[C@H](C(=O)C[C@@H](CCCCN)C(=O)N[C@@H](CC(C)C)C(N)=O)[C@@H](C)CC. The molecule has 5 atom stereocenters. The van der Waals surface area contributed by atoms with Gasteiger partial charge in [0.05, 0.1) is 27.2 Å². The number of amides is 3. The van der Waals surface area contributed by atoms with E-state index in [0.717, 1.165) is 15.2 Å². The molecule has 0 saturated heterocycles. The van der Waals surface area contributed by atoms with Crippen LogP contribution in [0.3, 0.4) is 0 Å². The van der Waals surface area contributed by atoms with Gasteiger partial charge >= 0.3 is 0 Å². The van der Waals surface area contributed by atoms with Gasteiger partial charge in [0.25, 0.3) is 0 Å². The van der Waals surface area contributed by atoms with Crippen molar-refractivity contribution in [3.8, 4) is 0 Å². The standard InChI is InChI=1S/C37H59N5O5S/c1-8-12-28(43)18-27(21-33-40-29-15-14-25(23(5)6)20-32(29)48-33)37(47)42-34(24(7)9-2)31(44)19-26(13-10-11-16-38)36(46)41-30(35(39)45)17-22(3)4/h14-15,20,22-24,26-27,30,34H,8-13,16-19,21,38H2,1-7H3,(H2,39,45)(H,41,46)(H,42,47)/t24-,26+,27-,30-,34-/m0/s1. The highest BCUT2D eigenvalue weighted by Crippen LogP contribution is 2.29. The third kappa shape index (κ3) is 13.0. The second-order valence-corrected chi connectivity index (χ2v) is 15.1. The van der Waals surface area contributed by atoms with Gasteiger partial charge in [-0.05, 0) is 67.7 Å². The van der Waals surface area contributed by atoms with Gasteiger partial charge in [-0.25, -0.2) is 4.98 Å². The first-order valence-electron chi connectivity index (χ1n) is 17.7. The zero-order chi connectivity index (χ0) is 36.0. The van der Waals surface area contributed by atoms with Crippen molar-refractivity contribution >= 4 is 50.8 Å². The minimum Gasteiger partial charge on any atom is -0.368 e. The van der Waals surface area contributed by atoms with E-state index in [2.05, 4.69) is 36.6 Å². The molecule has 0 fully saturated rings. The highest BCUT2D eigenvalue weighted by Gasteiger charge is 2.34. The number of carbonyl (C=O) groups excluding carboxylic acids is 5. The third-order valence-corrected chi connectivity index (χ3v) is 10.0. The van der Waals surface area contributed by atoms with Crippen LogP contribution in [-0.2, 0) is 30.4 Å². The number of nitrogens with zero attached hydrogens (tertiary/aromatic N) is 1. The van der Waals surface area contributed by atoms with Gasteiger partial charge in [0.15, 0.2) is 5.78 Å². The molecule has 2 rings (SSSR count). The van der Waals surface area contributed by atoms with E-state index in [1.807, 2.05) is 40.7 Å². The van der Waals surface area contributed by atoms with Gasteiger partial charge in [-0.1, -0.05) is 67.4 Å². The van der Waals surface area contributed by atoms with Crippen molar-refractivity contribution in [1.82, 2.24) is 15.6 Å². The van der Waals surface area contributed by atoms with Crippen LogP contribution in [0.15, 0.2) is 18.2 Å². The van der Waals surface area contributed by atoms with E-state index in [1.165, 1.54) is 16.9 Å². The highest BCUT2D eigenvalue weighted by molar-refractivity contribution is 7.18. The summed E-state index contributed by atoms with van der Waals surface area (Å²) in [6, 6.07) is 4.51. The van der Waals surface area contributed by atoms with E-state index >= 15 is 0 Å². The molecule has 0 aliphatic carbocycles. The number of fused-ring (bicyclic) bond motifs is 1. The van der Waals surface area contributed by atoms with Crippen LogP contribution in [0.4, 0.5) is 0 Å². The van der Waals surface area contributed by atoms with Crippen LogP contribution >= 0.6 is 11.3 Å². The summed E-state index contributed by atoms with van der Waals surface area (Å²) >= 11 is 1.53. The molecular weight excluding hydrogens is 627 g/mol. The average Bonchev–Trinajstić information content (AvgIpc) is 3.43. The van der Waals surface area contributed by atoms with Crippen molar-refractivity contribution in [1.29, 1.82) is 0 Å². The fourth-order valence-corrected chi connectivity index (χ4v) is 6.94. The Morgan fingerprint density at radius 1 is 0.917 bits per heavy atom. The molecule has 268 valence electrons. The quantitative estimate of drug-likeness (QED) is 0.110. The molecule has 3 amide bonds. The zero-order valence-corrected chi connectivity index (χ0v) is 30.9. The van der Waals surface area contributed by atoms with E-state index in [-0.39, 0.29) is 48.6 Å². The molecule has 10 nitrogen and oxygen atoms in total. The van der Waals surface area contributed by atoms with Crippen molar-refractivity contribution in [2.24, 2.45) is 35.1 Å². The van der Waals surface area contributed by atoms with Gasteiger partial charge < -0.3 is 22.1 Å². The Balaban J connectivity index is 2.32. The fourth-order valence-electron chi connectivity index (χ4n) is 5.84. The molecule has 0 radical (unpaired) electrons. The Morgan fingerprint density at radius 3 is 2.19 bits per heavy atom. The van der Waals surface area contributed by atoms with Crippen LogP contribution in [0.25, 0.3) is 10.2 Å². The summed E-state index contributed by atoms with van der Waals surface area (Å²) in [5.74, 6) is -2.76. The molecule has 0 unspecified atom stereocenters. The van der Waals surface area contributed by atoms with Crippen LogP contribution < -0.4 is 22.1 Å². The van der Waals surface area contributed by atoms with Crippen molar-refractivity contribution in [3.05, 3.63) is 28.8 Å². The number of thiazole rings is 1. The predicted molar refractivity (Wildman–Crippen MR) is 193 cm³/mol. The van der Waals surface area contributed by atoms with Gasteiger partial charge in [0, 0.05) is 31.6 Å². The lowest BCUT2D eigenvalue weighted by Gasteiger charge is -2.28. The molecule has 11 heteroatoms. The number of aromatic nitrogens is 1. The van der Waals surface area contributed by atoms with Crippen molar-refractivity contribution in [2.75, 3.05) is 6.54 Å². The van der Waals surface area contributed by atoms with Crippen molar-refractivity contribution < 1.29 is 24.0 Å². The molecule has 0 bridgehead atoms. The van der Waals surface area contributed by atoms with E-state index in [9.17, 15) is 24.0 Å².